The molecule has 0 spiro atoms. The van der Waals surface area contributed by atoms with Gasteiger partial charge in [0.05, 0.1) is 0 Å². The molecular formula is C12H24MgN2. The summed E-state index contributed by atoms with van der Waals surface area (Å²) < 4.78 is 0. The summed E-state index contributed by atoms with van der Waals surface area (Å²) in [7, 11) is 0. The first kappa shape index (κ1) is 15.7. The molecule has 2 nitrogen and oxygen atoms in total. The van der Waals surface area contributed by atoms with Gasteiger partial charge in [-0.05, 0) is 0 Å². The Labute approximate surface area is 111 Å². The van der Waals surface area contributed by atoms with Gasteiger partial charge in [0.1, 0.15) is 0 Å². The third-order valence-corrected chi connectivity index (χ3v) is 3.21. The van der Waals surface area contributed by atoms with Gasteiger partial charge in [-0.15, -0.1) is 12.1 Å². The molecule has 0 atom stereocenters. The predicted molar refractivity (Wildman–Crippen MR) is 68.1 cm³/mol. The first-order valence-electron chi connectivity index (χ1n) is 6.21. The molecule has 0 radical (unpaired) electrons. The third-order valence-electron chi connectivity index (χ3n) is 3.21. The van der Waals surface area contributed by atoms with Crippen molar-refractivity contribution in [2.75, 3.05) is 0 Å². The van der Waals surface area contributed by atoms with E-state index in [9.17, 15) is 0 Å². The van der Waals surface area contributed by atoms with Crippen LogP contribution in [0.3, 0.4) is 0 Å². The molecule has 15 heavy (non-hydrogen) atoms. The van der Waals surface area contributed by atoms with E-state index in [1.807, 2.05) is 0 Å². The Bertz CT molecular complexity index is 114. The van der Waals surface area contributed by atoms with Crippen molar-refractivity contribution in [3.63, 3.8) is 0 Å². The summed E-state index contributed by atoms with van der Waals surface area (Å²) in [6.07, 6.45) is 12.6. The molecule has 2 rings (SSSR count). The Morgan fingerprint density at radius 3 is 0.933 bits per heavy atom. The van der Waals surface area contributed by atoms with Crippen molar-refractivity contribution in [3.8, 4) is 0 Å². The summed E-state index contributed by atoms with van der Waals surface area (Å²) in [5, 5.41) is 0. The Morgan fingerprint density at radius 2 is 0.800 bits per heavy atom. The maximum atomic E-state index is 7.27. The maximum absolute atomic E-state index is 7.27. The van der Waals surface area contributed by atoms with Gasteiger partial charge in [-0.25, -0.2) is 0 Å². The molecule has 0 aromatic carbocycles. The number of nitrogens with one attached hydrogen (secondary N) is 2. The van der Waals surface area contributed by atoms with Crippen LogP contribution < -0.4 is 0 Å². The number of rotatable bonds is 0. The van der Waals surface area contributed by atoms with Crippen molar-refractivity contribution in [1.82, 2.24) is 0 Å². The van der Waals surface area contributed by atoms with E-state index in [-0.39, 0.29) is 35.1 Å². The standard InChI is InChI=1S/2C6H12N.Mg/c2*7-6-4-2-1-3-5-6;/h2*6-7H,1-5H2;/q2*-1;+2. The smallest absolute Gasteiger partial charge is 0.675 e. The molecule has 0 bridgehead atoms. The van der Waals surface area contributed by atoms with Crippen LogP contribution in [0.4, 0.5) is 0 Å². The molecule has 2 N–H and O–H groups in total. The molecule has 0 saturated heterocycles. The summed E-state index contributed by atoms with van der Waals surface area (Å²) in [6, 6.07) is 0.572. The van der Waals surface area contributed by atoms with E-state index >= 15 is 0 Å². The summed E-state index contributed by atoms with van der Waals surface area (Å²) in [5.74, 6) is 0. The summed E-state index contributed by atoms with van der Waals surface area (Å²) in [5.41, 5.74) is 14.5. The normalized spacial score (nSPS) is 23.6. The van der Waals surface area contributed by atoms with E-state index in [1.165, 1.54) is 38.5 Å². The van der Waals surface area contributed by atoms with Crippen molar-refractivity contribution in [2.45, 2.75) is 76.3 Å². The SMILES string of the molecule is [Mg+2].[NH-]C1CCCCC1.[NH-]C1CCCCC1. The zero-order valence-corrected chi connectivity index (χ0v) is 11.3. The second-order valence-electron chi connectivity index (χ2n) is 4.67. The first-order chi connectivity index (χ1) is 6.79. The second-order valence-corrected chi connectivity index (χ2v) is 4.67. The van der Waals surface area contributed by atoms with Crippen molar-refractivity contribution in [2.24, 2.45) is 0 Å². The molecule has 0 unspecified atom stereocenters. The van der Waals surface area contributed by atoms with Crippen LogP contribution in [0.15, 0.2) is 0 Å². The summed E-state index contributed by atoms with van der Waals surface area (Å²) >= 11 is 0. The largest absolute Gasteiger partial charge is 2.00 e. The molecule has 84 valence electrons. The van der Waals surface area contributed by atoms with Gasteiger partial charge in [0.15, 0.2) is 0 Å². The molecule has 2 saturated carbocycles. The van der Waals surface area contributed by atoms with Crippen LogP contribution in [0.5, 0.6) is 0 Å². The average Bonchev–Trinajstić information content (AvgIpc) is 2.21. The van der Waals surface area contributed by atoms with E-state index < -0.39 is 0 Å². The van der Waals surface area contributed by atoms with Crippen LogP contribution in [0.2, 0.25) is 0 Å². The van der Waals surface area contributed by atoms with Gasteiger partial charge in [-0.3, -0.25) is 0 Å². The molecule has 0 amide bonds. The zero-order valence-electron chi connectivity index (χ0n) is 9.93. The third kappa shape index (κ3) is 8.49. The van der Waals surface area contributed by atoms with Crippen LogP contribution in [0.1, 0.15) is 64.2 Å². The number of hydrogen-bond donors (Lipinski definition) is 0. The van der Waals surface area contributed by atoms with Crippen LogP contribution in [-0.4, -0.2) is 35.1 Å². The maximum Gasteiger partial charge on any atom is 2.00 e. The molecule has 2 fully saturated rings. The zero-order chi connectivity index (χ0) is 10.2. The minimum Gasteiger partial charge on any atom is -0.675 e. The van der Waals surface area contributed by atoms with Gasteiger partial charge in [-0.2, -0.15) is 0 Å². The number of hydrogen-bond acceptors (Lipinski definition) is 0. The Morgan fingerprint density at radius 1 is 0.533 bits per heavy atom. The molecule has 3 heteroatoms. The van der Waals surface area contributed by atoms with Gasteiger partial charge >= 0.3 is 23.1 Å². The van der Waals surface area contributed by atoms with Crippen molar-refractivity contribution in [3.05, 3.63) is 11.5 Å². The van der Waals surface area contributed by atoms with Gasteiger partial charge in [0.25, 0.3) is 0 Å². The van der Waals surface area contributed by atoms with E-state index in [2.05, 4.69) is 0 Å². The summed E-state index contributed by atoms with van der Waals surface area (Å²) in [6.45, 7) is 0. The predicted octanol–water partition coefficient (Wildman–Crippen LogP) is 4.36. The summed E-state index contributed by atoms with van der Waals surface area (Å²) in [4.78, 5) is 0. The van der Waals surface area contributed by atoms with Crippen molar-refractivity contribution in [1.29, 1.82) is 0 Å². The minimum absolute atomic E-state index is 0. The van der Waals surface area contributed by atoms with Gasteiger partial charge in [-0.1, -0.05) is 64.2 Å². The molecular weight excluding hydrogens is 196 g/mol. The van der Waals surface area contributed by atoms with E-state index in [0.29, 0.717) is 0 Å². The van der Waals surface area contributed by atoms with Crippen molar-refractivity contribution < 1.29 is 0 Å². The van der Waals surface area contributed by atoms with Gasteiger partial charge in [0, 0.05) is 0 Å². The second kappa shape index (κ2) is 9.88. The fraction of sp³-hybridized carbons (Fsp3) is 1.00. The van der Waals surface area contributed by atoms with E-state index in [1.54, 1.807) is 0 Å². The molecule has 0 heterocycles. The quantitative estimate of drug-likeness (QED) is 0.545. The molecule has 0 aromatic rings. The molecule has 2 aliphatic carbocycles. The minimum atomic E-state index is 0. The van der Waals surface area contributed by atoms with E-state index in [4.69, 9.17) is 11.5 Å². The van der Waals surface area contributed by atoms with Crippen LogP contribution in [0, 0.1) is 0 Å². The Hall–Kier alpha value is 0.686. The fourth-order valence-corrected chi connectivity index (χ4v) is 2.21. The van der Waals surface area contributed by atoms with Crippen LogP contribution >= 0.6 is 0 Å². The topological polar surface area (TPSA) is 47.6 Å². The van der Waals surface area contributed by atoms with E-state index in [0.717, 1.165) is 25.7 Å². The van der Waals surface area contributed by atoms with Crippen LogP contribution in [-0.2, 0) is 0 Å². The van der Waals surface area contributed by atoms with Crippen molar-refractivity contribution >= 4 is 23.1 Å². The van der Waals surface area contributed by atoms with Gasteiger partial charge in [0.2, 0.25) is 0 Å². The molecule has 2 aliphatic rings. The Balaban J connectivity index is 0.000000245. The first-order valence-corrected chi connectivity index (χ1v) is 6.21. The monoisotopic (exact) mass is 220 g/mol. The molecule has 0 aromatic heterocycles. The Kier molecular flexibility index (Phi) is 10.3. The molecule has 0 aliphatic heterocycles. The van der Waals surface area contributed by atoms with Crippen LogP contribution in [0.25, 0.3) is 11.5 Å². The average molecular weight is 221 g/mol. The fourth-order valence-electron chi connectivity index (χ4n) is 2.21. The van der Waals surface area contributed by atoms with Gasteiger partial charge < -0.3 is 11.5 Å².